The van der Waals surface area contributed by atoms with E-state index >= 15 is 0 Å². The molecule has 1 aromatic heterocycles. The van der Waals surface area contributed by atoms with Crippen molar-refractivity contribution in [2.24, 2.45) is 0 Å². The van der Waals surface area contributed by atoms with Gasteiger partial charge in [-0.05, 0) is 64.6 Å². The first-order valence-corrected chi connectivity index (χ1v) is 10.9. The Morgan fingerprint density at radius 3 is 2.54 bits per heavy atom. The fourth-order valence-electron chi connectivity index (χ4n) is 3.28. The highest BCUT2D eigenvalue weighted by molar-refractivity contribution is 14.1. The normalized spacial score (nSPS) is 11.2. The van der Waals surface area contributed by atoms with Crippen LogP contribution in [0.25, 0.3) is 22.7 Å². The molecule has 0 fully saturated rings. The molecule has 0 saturated heterocycles. The molecular formula is C23H14IN5O6. The molecule has 0 aliphatic heterocycles. The molecule has 0 unspecified atom stereocenters. The van der Waals surface area contributed by atoms with Crippen molar-refractivity contribution in [2.45, 2.75) is 0 Å². The highest BCUT2D eigenvalue weighted by atomic mass is 127. The summed E-state index contributed by atoms with van der Waals surface area (Å²) in [5.74, 6) is 0.659. The number of hydrogen-bond acceptors (Lipinski definition) is 8. The molecule has 12 heteroatoms. The number of fused-ring (bicyclic) bond motifs is 1. The number of nitriles is 1. The number of imidazole rings is 1. The topological polar surface area (TPSA) is 157 Å². The van der Waals surface area contributed by atoms with Crippen LogP contribution in [0.1, 0.15) is 11.4 Å². The van der Waals surface area contributed by atoms with E-state index in [-0.39, 0.29) is 17.2 Å². The fraction of sp³-hybridized carbons (Fsp3) is 0.0435. The minimum absolute atomic E-state index is 0.180. The Morgan fingerprint density at radius 1 is 1.11 bits per heavy atom. The van der Waals surface area contributed by atoms with Crippen LogP contribution in [-0.4, -0.2) is 26.9 Å². The Hall–Kier alpha value is -4.51. The molecule has 11 nitrogen and oxygen atoms in total. The van der Waals surface area contributed by atoms with Gasteiger partial charge in [0, 0.05) is 6.07 Å². The molecule has 0 spiro atoms. The summed E-state index contributed by atoms with van der Waals surface area (Å²) in [5.41, 5.74) is 1.43. The van der Waals surface area contributed by atoms with E-state index in [2.05, 4.69) is 16.0 Å². The van der Waals surface area contributed by atoms with Crippen LogP contribution < -0.4 is 9.47 Å². The number of rotatable bonds is 7. The lowest BCUT2D eigenvalue weighted by atomic mass is 10.1. The number of ether oxygens (including phenoxy) is 2. The average Bonchev–Trinajstić information content (AvgIpc) is 3.27. The second-order valence-corrected chi connectivity index (χ2v) is 8.24. The predicted molar refractivity (Wildman–Crippen MR) is 135 cm³/mol. The molecule has 1 heterocycles. The molecule has 0 aliphatic rings. The first-order valence-electron chi connectivity index (χ1n) is 9.86. The molecule has 0 saturated carbocycles. The number of methoxy groups -OCH3 is 1. The van der Waals surface area contributed by atoms with E-state index in [9.17, 15) is 25.5 Å². The van der Waals surface area contributed by atoms with Gasteiger partial charge in [0.05, 0.1) is 43.2 Å². The third kappa shape index (κ3) is 4.89. The lowest BCUT2D eigenvalue weighted by Crippen LogP contribution is -1.99. The van der Waals surface area contributed by atoms with Crippen LogP contribution in [0.5, 0.6) is 17.2 Å². The second kappa shape index (κ2) is 9.77. The van der Waals surface area contributed by atoms with E-state index in [0.717, 1.165) is 29.2 Å². The van der Waals surface area contributed by atoms with Gasteiger partial charge in [-0.2, -0.15) is 5.26 Å². The summed E-state index contributed by atoms with van der Waals surface area (Å²) in [6.07, 6.45) is 1.63. The van der Waals surface area contributed by atoms with Gasteiger partial charge < -0.3 is 14.5 Å². The summed E-state index contributed by atoms with van der Waals surface area (Å²) < 4.78 is 11.7. The van der Waals surface area contributed by atoms with Crippen LogP contribution in [0.15, 0.2) is 54.6 Å². The number of halogens is 1. The van der Waals surface area contributed by atoms with Crippen molar-refractivity contribution in [3.8, 4) is 23.3 Å². The first kappa shape index (κ1) is 23.6. The minimum atomic E-state index is -0.759. The highest BCUT2D eigenvalue weighted by Gasteiger charge is 2.23. The minimum Gasteiger partial charge on any atom is -0.493 e. The zero-order chi connectivity index (χ0) is 25.1. The van der Waals surface area contributed by atoms with Gasteiger partial charge in [-0.25, -0.2) is 4.98 Å². The summed E-state index contributed by atoms with van der Waals surface area (Å²) >= 11 is 1.97. The van der Waals surface area contributed by atoms with Gasteiger partial charge >= 0.3 is 5.69 Å². The number of para-hydroxylation sites is 2. The molecule has 174 valence electrons. The Morgan fingerprint density at radius 2 is 1.89 bits per heavy atom. The van der Waals surface area contributed by atoms with E-state index in [1.807, 2.05) is 46.9 Å². The van der Waals surface area contributed by atoms with Gasteiger partial charge in [0.2, 0.25) is 5.75 Å². The molecule has 1 N–H and O–H groups in total. The number of allylic oxidation sites excluding steroid dienone is 1. The van der Waals surface area contributed by atoms with Gasteiger partial charge in [0.1, 0.15) is 11.9 Å². The quantitative estimate of drug-likeness (QED) is 0.123. The lowest BCUT2D eigenvalue weighted by Gasteiger charge is -2.13. The highest BCUT2D eigenvalue weighted by Crippen LogP contribution is 2.41. The molecule has 3 aromatic carbocycles. The molecular weight excluding hydrogens is 569 g/mol. The monoisotopic (exact) mass is 583 g/mol. The van der Waals surface area contributed by atoms with Crippen molar-refractivity contribution in [1.29, 1.82) is 5.26 Å². The Kier molecular flexibility index (Phi) is 6.60. The van der Waals surface area contributed by atoms with Crippen molar-refractivity contribution < 1.29 is 19.3 Å². The lowest BCUT2D eigenvalue weighted by molar-refractivity contribution is -0.394. The number of hydrogen-bond donors (Lipinski definition) is 1. The summed E-state index contributed by atoms with van der Waals surface area (Å²) in [6, 6.07) is 16.0. The summed E-state index contributed by atoms with van der Waals surface area (Å²) in [5, 5.41) is 32.2. The fourth-order valence-corrected chi connectivity index (χ4v) is 4.02. The van der Waals surface area contributed by atoms with Crippen molar-refractivity contribution in [3.63, 3.8) is 0 Å². The molecule has 0 radical (unpaired) electrons. The summed E-state index contributed by atoms with van der Waals surface area (Å²) in [6.45, 7) is 0. The standard InChI is InChI=1S/C23H14IN5O6/c1-34-21-10-13(8-14(12-25)23-26-17-4-2-3-5-18(17)27-23)9-16(24)22(21)35-20-7-6-15(28(30)31)11-19(20)29(32)33/h2-11H,1H3,(H,26,27)/b14-8+. The van der Waals surface area contributed by atoms with Crippen LogP contribution in [0, 0.1) is 35.1 Å². The molecule has 4 aromatic rings. The maximum Gasteiger partial charge on any atom is 0.318 e. The molecule has 35 heavy (non-hydrogen) atoms. The van der Waals surface area contributed by atoms with Crippen LogP contribution in [0.2, 0.25) is 0 Å². The number of nitro benzene ring substituents is 2. The van der Waals surface area contributed by atoms with Crippen LogP contribution >= 0.6 is 22.6 Å². The van der Waals surface area contributed by atoms with Crippen molar-refractivity contribution in [1.82, 2.24) is 9.97 Å². The van der Waals surface area contributed by atoms with Crippen molar-refractivity contribution in [3.05, 3.63) is 89.8 Å². The second-order valence-electron chi connectivity index (χ2n) is 7.07. The number of aromatic amines is 1. The molecule has 4 rings (SSSR count). The van der Waals surface area contributed by atoms with Gasteiger partial charge in [0.25, 0.3) is 5.69 Å². The van der Waals surface area contributed by atoms with E-state index in [1.165, 1.54) is 7.11 Å². The van der Waals surface area contributed by atoms with Crippen LogP contribution in [-0.2, 0) is 0 Å². The van der Waals surface area contributed by atoms with Gasteiger partial charge in [-0.1, -0.05) is 12.1 Å². The summed E-state index contributed by atoms with van der Waals surface area (Å²) in [7, 11) is 1.40. The third-order valence-corrected chi connectivity index (χ3v) is 5.69. The number of aromatic nitrogens is 2. The smallest absolute Gasteiger partial charge is 0.318 e. The number of H-pyrrole nitrogens is 1. The zero-order valence-electron chi connectivity index (χ0n) is 17.9. The predicted octanol–water partition coefficient (Wildman–Crippen LogP) is 5.85. The first-order chi connectivity index (χ1) is 16.8. The van der Waals surface area contributed by atoms with Crippen molar-refractivity contribution >= 4 is 56.6 Å². The largest absolute Gasteiger partial charge is 0.493 e. The maximum atomic E-state index is 11.5. The van der Waals surface area contributed by atoms with E-state index < -0.39 is 21.2 Å². The maximum absolute atomic E-state index is 11.5. The van der Waals surface area contributed by atoms with E-state index in [4.69, 9.17) is 9.47 Å². The Bertz CT molecular complexity index is 1520. The third-order valence-electron chi connectivity index (χ3n) is 4.89. The Balaban J connectivity index is 1.73. The molecule has 0 bridgehead atoms. The SMILES string of the molecule is COc1cc(/C=C(\C#N)c2nc3ccccc3[nH]2)cc(I)c1Oc1ccc([N+](=O)[O-])cc1[N+](=O)[O-]. The van der Waals surface area contributed by atoms with Crippen molar-refractivity contribution in [2.75, 3.05) is 7.11 Å². The Labute approximate surface area is 211 Å². The van der Waals surface area contributed by atoms with Crippen LogP contribution in [0.3, 0.4) is 0 Å². The van der Waals surface area contributed by atoms with Gasteiger partial charge in [-0.3, -0.25) is 20.2 Å². The van der Waals surface area contributed by atoms with Gasteiger partial charge in [-0.15, -0.1) is 0 Å². The molecule has 0 amide bonds. The molecule has 0 aliphatic carbocycles. The van der Waals surface area contributed by atoms with Crippen LogP contribution in [0.4, 0.5) is 11.4 Å². The number of nitrogens with zero attached hydrogens (tertiary/aromatic N) is 4. The number of nitro groups is 2. The average molecular weight is 583 g/mol. The summed E-state index contributed by atoms with van der Waals surface area (Å²) in [4.78, 5) is 28.5. The number of nitrogens with one attached hydrogen (secondary N) is 1. The molecule has 0 atom stereocenters. The zero-order valence-corrected chi connectivity index (χ0v) is 20.0. The van der Waals surface area contributed by atoms with E-state index in [1.54, 1.807) is 18.2 Å². The van der Waals surface area contributed by atoms with Gasteiger partial charge in [0.15, 0.2) is 11.5 Å². The number of benzene rings is 3. The van der Waals surface area contributed by atoms with E-state index in [0.29, 0.717) is 20.5 Å². The number of non-ortho nitro benzene ring substituents is 1.